The summed E-state index contributed by atoms with van der Waals surface area (Å²) in [6.07, 6.45) is 8.05. The van der Waals surface area contributed by atoms with Gasteiger partial charge in [-0.15, -0.1) is 0 Å². The van der Waals surface area contributed by atoms with E-state index in [-0.39, 0.29) is 17.3 Å². The molecule has 0 heterocycles. The molecule has 4 bridgehead atoms. The Morgan fingerprint density at radius 2 is 1.67 bits per heavy atom. The van der Waals surface area contributed by atoms with Gasteiger partial charge in [-0.1, -0.05) is 0 Å². The number of ether oxygens (including phenoxy) is 1. The van der Waals surface area contributed by atoms with Crippen LogP contribution in [-0.4, -0.2) is 30.6 Å². The molecule has 6 nitrogen and oxygen atoms in total. The summed E-state index contributed by atoms with van der Waals surface area (Å²) in [5.74, 6) is 2.09. The van der Waals surface area contributed by atoms with Crippen molar-refractivity contribution in [1.82, 2.24) is 16.2 Å². The highest BCUT2D eigenvalue weighted by molar-refractivity contribution is 7.80. The summed E-state index contributed by atoms with van der Waals surface area (Å²) in [5.41, 5.74) is 5.45. The van der Waals surface area contributed by atoms with Crippen LogP contribution < -0.4 is 16.2 Å². The standard InChI is InChI=1S/C17H27N3O3S/c1-23-14(21)3-2-4-18-16(24)20-19-15(22)17-8-11-5-12(9-17)7-13(6-11)10-17/h11-13H,2-10H2,1H3,(H,19,22)(H2,18,20,24). The van der Waals surface area contributed by atoms with Crippen LogP contribution in [0.3, 0.4) is 0 Å². The molecule has 3 N–H and O–H groups in total. The van der Waals surface area contributed by atoms with Gasteiger partial charge in [-0.3, -0.25) is 20.4 Å². The molecule has 4 aliphatic rings. The average molecular weight is 353 g/mol. The third kappa shape index (κ3) is 3.82. The number of carbonyl (C=O) groups is 2. The van der Waals surface area contributed by atoms with Crippen LogP contribution in [0.4, 0.5) is 0 Å². The third-order valence-corrected chi connectivity index (χ3v) is 6.13. The zero-order valence-corrected chi connectivity index (χ0v) is 15.0. The minimum atomic E-state index is -0.231. The molecule has 134 valence electrons. The SMILES string of the molecule is COC(=O)CCCNC(=S)NNC(=O)C12CC3CC(CC(C3)C1)C2. The predicted molar refractivity (Wildman–Crippen MR) is 93.7 cm³/mol. The number of methoxy groups -OCH3 is 1. The van der Waals surface area contributed by atoms with E-state index in [1.165, 1.54) is 26.4 Å². The molecule has 7 heteroatoms. The Hall–Kier alpha value is -1.37. The van der Waals surface area contributed by atoms with Crippen molar-refractivity contribution in [2.75, 3.05) is 13.7 Å². The fourth-order valence-corrected chi connectivity index (χ4v) is 5.37. The van der Waals surface area contributed by atoms with Gasteiger partial charge in [0.25, 0.3) is 0 Å². The lowest BCUT2D eigenvalue weighted by Gasteiger charge is -2.55. The summed E-state index contributed by atoms with van der Waals surface area (Å²) in [5, 5.41) is 3.38. The summed E-state index contributed by atoms with van der Waals surface area (Å²) in [7, 11) is 1.38. The number of amides is 1. The van der Waals surface area contributed by atoms with Gasteiger partial charge in [0.2, 0.25) is 5.91 Å². The van der Waals surface area contributed by atoms with Crippen LogP contribution in [0.15, 0.2) is 0 Å². The highest BCUT2D eigenvalue weighted by atomic mass is 32.1. The highest BCUT2D eigenvalue weighted by Crippen LogP contribution is 2.59. The number of esters is 1. The zero-order valence-electron chi connectivity index (χ0n) is 14.2. The smallest absolute Gasteiger partial charge is 0.305 e. The number of carbonyl (C=O) groups excluding carboxylic acids is 2. The Morgan fingerprint density at radius 1 is 1.08 bits per heavy atom. The molecule has 4 saturated carbocycles. The van der Waals surface area contributed by atoms with E-state index < -0.39 is 0 Å². The molecule has 0 atom stereocenters. The first kappa shape index (κ1) is 17.5. The number of thiocarbonyl (C=S) groups is 1. The molecule has 0 saturated heterocycles. The van der Waals surface area contributed by atoms with E-state index in [9.17, 15) is 9.59 Å². The van der Waals surface area contributed by atoms with Crippen LogP contribution >= 0.6 is 12.2 Å². The van der Waals surface area contributed by atoms with E-state index in [2.05, 4.69) is 20.9 Å². The lowest BCUT2D eigenvalue weighted by Crippen LogP contribution is -2.57. The summed E-state index contributed by atoms with van der Waals surface area (Å²) >= 11 is 5.17. The van der Waals surface area contributed by atoms with E-state index in [1.54, 1.807) is 0 Å². The molecule has 24 heavy (non-hydrogen) atoms. The largest absolute Gasteiger partial charge is 0.469 e. The molecule has 0 spiro atoms. The first-order chi connectivity index (χ1) is 11.5. The Kier molecular flexibility index (Phi) is 5.27. The predicted octanol–water partition coefficient (Wildman–Crippen LogP) is 1.65. The molecule has 4 fully saturated rings. The fraction of sp³-hybridized carbons (Fsp3) is 0.824. The maximum Gasteiger partial charge on any atom is 0.305 e. The Labute approximate surface area is 148 Å². The first-order valence-electron chi connectivity index (χ1n) is 8.92. The number of nitrogens with one attached hydrogen (secondary N) is 3. The topological polar surface area (TPSA) is 79.5 Å². The normalized spacial score (nSPS) is 33.0. The quantitative estimate of drug-likeness (QED) is 0.302. The lowest BCUT2D eigenvalue weighted by molar-refractivity contribution is -0.146. The molecule has 0 aliphatic heterocycles. The second-order valence-electron chi connectivity index (χ2n) is 7.71. The molecule has 0 aromatic carbocycles. The molecule has 0 unspecified atom stereocenters. The fourth-order valence-electron chi connectivity index (χ4n) is 5.22. The number of hydrogen-bond acceptors (Lipinski definition) is 4. The van der Waals surface area contributed by atoms with Gasteiger partial charge in [0.05, 0.1) is 12.5 Å². The van der Waals surface area contributed by atoms with E-state index in [0.717, 1.165) is 37.0 Å². The third-order valence-electron chi connectivity index (χ3n) is 5.88. The maximum atomic E-state index is 12.7. The van der Waals surface area contributed by atoms with Gasteiger partial charge >= 0.3 is 5.97 Å². The molecule has 4 aliphatic carbocycles. The zero-order chi connectivity index (χ0) is 17.2. The molecule has 4 rings (SSSR count). The summed E-state index contributed by atoms with van der Waals surface area (Å²) in [4.78, 5) is 23.8. The van der Waals surface area contributed by atoms with Gasteiger partial charge in [-0.05, 0) is 74.9 Å². The van der Waals surface area contributed by atoms with Gasteiger partial charge in [0.1, 0.15) is 0 Å². The van der Waals surface area contributed by atoms with Gasteiger partial charge in [-0.2, -0.15) is 0 Å². The van der Waals surface area contributed by atoms with Crippen LogP contribution in [0.1, 0.15) is 51.4 Å². The molecule has 0 aromatic heterocycles. The van der Waals surface area contributed by atoms with Crippen molar-refractivity contribution < 1.29 is 14.3 Å². The average Bonchev–Trinajstić information content (AvgIpc) is 2.55. The number of rotatable bonds is 5. The second kappa shape index (κ2) is 7.25. The van der Waals surface area contributed by atoms with Gasteiger partial charge in [0.15, 0.2) is 5.11 Å². The van der Waals surface area contributed by atoms with Crippen LogP contribution in [0, 0.1) is 23.2 Å². The van der Waals surface area contributed by atoms with E-state index >= 15 is 0 Å². The van der Waals surface area contributed by atoms with E-state index in [1.807, 2.05) is 0 Å². The Balaban J connectivity index is 1.39. The minimum absolute atomic E-state index is 0.0975. The van der Waals surface area contributed by atoms with E-state index in [0.29, 0.717) is 24.5 Å². The minimum Gasteiger partial charge on any atom is -0.469 e. The number of hydrogen-bond donors (Lipinski definition) is 3. The molecule has 0 aromatic rings. The summed E-state index contributed by atoms with van der Waals surface area (Å²) in [6, 6.07) is 0. The van der Waals surface area contributed by atoms with E-state index in [4.69, 9.17) is 12.2 Å². The van der Waals surface area contributed by atoms with Gasteiger partial charge in [-0.25, -0.2) is 0 Å². The maximum absolute atomic E-state index is 12.7. The molecular formula is C17H27N3O3S. The molecule has 1 amide bonds. The van der Waals surface area contributed by atoms with Crippen molar-refractivity contribution in [2.45, 2.75) is 51.4 Å². The Bertz CT molecular complexity index is 488. The van der Waals surface area contributed by atoms with Gasteiger partial charge in [0, 0.05) is 13.0 Å². The van der Waals surface area contributed by atoms with Gasteiger partial charge < -0.3 is 10.1 Å². The Morgan fingerprint density at radius 3 is 2.21 bits per heavy atom. The van der Waals surface area contributed by atoms with Crippen LogP contribution in [0.5, 0.6) is 0 Å². The van der Waals surface area contributed by atoms with Crippen molar-refractivity contribution >= 4 is 29.2 Å². The van der Waals surface area contributed by atoms with Crippen molar-refractivity contribution in [3.8, 4) is 0 Å². The lowest BCUT2D eigenvalue weighted by atomic mass is 9.49. The second-order valence-corrected chi connectivity index (χ2v) is 8.12. The molecule has 0 radical (unpaired) electrons. The van der Waals surface area contributed by atoms with Crippen LogP contribution in [-0.2, 0) is 14.3 Å². The summed E-state index contributed by atoms with van der Waals surface area (Å²) in [6.45, 7) is 0.564. The molecular weight excluding hydrogens is 326 g/mol. The van der Waals surface area contributed by atoms with Crippen molar-refractivity contribution in [3.05, 3.63) is 0 Å². The summed E-state index contributed by atoms with van der Waals surface area (Å²) < 4.78 is 4.58. The monoisotopic (exact) mass is 353 g/mol. The number of hydrazine groups is 1. The van der Waals surface area contributed by atoms with Crippen molar-refractivity contribution in [1.29, 1.82) is 0 Å². The first-order valence-corrected chi connectivity index (χ1v) is 9.32. The van der Waals surface area contributed by atoms with Crippen LogP contribution in [0.25, 0.3) is 0 Å². The van der Waals surface area contributed by atoms with Crippen molar-refractivity contribution in [3.63, 3.8) is 0 Å². The highest BCUT2D eigenvalue weighted by Gasteiger charge is 2.54. The van der Waals surface area contributed by atoms with Crippen LogP contribution in [0.2, 0.25) is 0 Å². The van der Waals surface area contributed by atoms with Crippen molar-refractivity contribution in [2.24, 2.45) is 23.2 Å².